The van der Waals surface area contributed by atoms with Crippen LogP contribution in [0.15, 0.2) is 60.0 Å². The third-order valence-electron chi connectivity index (χ3n) is 6.83. The Labute approximate surface area is 243 Å². The van der Waals surface area contributed by atoms with Gasteiger partial charge in [-0.25, -0.2) is 5.48 Å². The first-order chi connectivity index (χ1) is 19.9. The van der Waals surface area contributed by atoms with Crippen LogP contribution in [0.3, 0.4) is 0 Å². The first-order valence-electron chi connectivity index (χ1n) is 13.8. The van der Waals surface area contributed by atoms with Crippen molar-refractivity contribution >= 4 is 29.3 Å². The molecule has 0 bridgehead atoms. The molecule has 0 spiro atoms. The van der Waals surface area contributed by atoms with Crippen LogP contribution in [0.5, 0.6) is 0 Å². The van der Waals surface area contributed by atoms with Crippen molar-refractivity contribution in [3.8, 4) is 0 Å². The summed E-state index contributed by atoms with van der Waals surface area (Å²) in [7, 11) is 1.91. The van der Waals surface area contributed by atoms with Crippen LogP contribution in [0.2, 0.25) is 0 Å². The highest BCUT2D eigenvalue weighted by Crippen LogP contribution is 2.39. The number of benzene rings is 2. The first kappa shape index (κ1) is 30.7. The minimum absolute atomic E-state index is 0.0110. The number of unbranched alkanes of at least 4 members (excludes halogenated alkanes) is 3. The van der Waals surface area contributed by atoms with Gasteiger partial charge in [0.05, 0.1) is 18.8 Å². The summed E-state index contributed by atoms with van der Waals surface area (Å²) in [5.74, 6) is 0.225. The smallest absolute Gasteiger partial charge is 0.243 e. The van der Waals surface area contributed by atoms with E-state index < -0.39 is 6.29 Å². The third-order valence-corrected chi connectivity index (χ3v) is 8.00. The molecule has 1 aromatic heterocycles. The highest BCUT2D eigenvalue weighted by molar-refractivity contribution is 7.99. The van der Waals surface area contributed by atoms with Gasteiger partial charge in [-0.05, 0) is 36.1 Å². The molecule has 2 aromatic carbocycles. The molecule has 3 atom stereocenters. The van der Waals surface area contributed by atoms with Crippen molar-refractivity contribution in [2.75, 3.05) is 11.1 Å². The molecule has 4 N–H and O–H groups in total. The molecule has 11 nitrogen and oxygen atoms in total. The number of nitrogens with zero attached hydrogens (tertiary/aromatic N) is 3. The van der Waals surface area contributed by atoms with E-state index in [1.807, 2.05) is 60.1 Å². The number of ether oxygens (including phenoxy) is 2. The second kappa shape index (κ2) is 15.6. The van der Waals surface area contributed by atoms with Gasteiger partial charge in [0.15, 0.2) is 11.4 Å². The summed E-state index contributed by atoms with van der Waals surface area (Å²) in [6, 6.07) is 15.3. The standard InChI is InChI=1S/C29H37N5O6S/c1-34-19-30-32-29(34)41-18-24-16-25(21-10-8-20(17-35)9-11-21)40-28(39-24)22-12-14-23(15-13-22)31-26(36)6-4-2-3-5-7-27(37)33-38/h8-15,19,24-25,28,35,38H,2-7,16-18H2,1H3,(H,31,36)(H,33,37). The van der Waals surface area contributed by atoms with E-state index in [0.717, 1.165) is 41.1 Å². The van der Waals surface area contributed by atoms with Gasteiger partial charge in [0.1, 0.15) is 6.33 Å². The Morgan fingerprint density at radius 2 is 1.66 bits per heavy atom. The molecule has 3 aromatic rings. The molecule has 3 unspecified atom stereocenters. The van der Waals surface area contributed by atoms with Crippen LogP contribution in [-0.2, 0) is 32.7 Å². The average molecular weight is 584 g/mol. The van der Waals surface area contributed by atoms with Crippen molar-refractivity contribution in [3.05, 3.63) is 71.5 Å². The van der Waals surface area contributed by atoms with E-state index in [1.54, 1.807) is 23.6 Å². The molecule has 4 rings (SSSR count). The summed E-state index contributed by atoms with van der Waals surface area (Å²) in [4.78, 5) is 23.4. The molecule has 1 aliphatic heterocycles. The molecule has 1 aliphatic rings. The largest absolute Gasteiger partial charge is 0.392 e. The zero-order valence-electron chi connectivity index (χ0n) is 23.1. The zero-order chi connectivity index (χ0) is 29.0. The predicted molar refractivity (Wildman–Crippen MR) is 153 cm³/mol. The number of amides is 2. The molecule has 1 fully saturated rings. The molecular weight excluding hydrogens is 546 g/mol. The highest BCUT2D eigenvalue weighted by Gasteiger charge is 2.32. The summed E-state index contributed by atoms with van der Waals surface area (Å²) < 4.78 is 14.6. The molecule has 0 saturated carbocycles. The van der Waals surface area contributed by atoms with Crippen LogP contribution >= 0.6 is 11.8 Å². The van der Waals surface area contributed by atoms with E-state index in [9.17, 15) is 14.7 Å². The zero-order valence-corrected chi connectivity index (χ0v) is 23.9. The Morgan fingerprint density at radius 3 is 2.29 bits per heavy atom. The lowest BCUT2D eigenvalue weighted by atomic mass is 10.0. The Kier molecular flexibility index (Phi) is 11.7. The quantitative estimate of drug-likeness (QED) is 0.0936. The maximum absolute atomic E-state index is 12.4. The number of thioether (sulfide) groups is 1. The number of nitrogens with one attached hydrogen (secondary N) is 2. The van der Waals surface area contributed by atoms with E-state index >= 15 is 0 Å². The number of carbonyl (C=O) groups excluding carboxylic acids is 2. The number of carbonyl (C=O) groups is 2. The van der Waals surface area contributed by atoms with Gasteiger partial charge in [0, 0.05) is 43.3 Å². The van der Waals surface area contributed by atoms with Crippen LogP contribution in [-0.4, -0.2) is 48.7 Å². The van der Waals surface area contributed by atoms with E-state index in [4.69, 9.17) is 14.7 Å². The summed E-state index contributed by atoms with van der Waals surface area (Å²) in [6.45, 7) is -0.0110. The summed E-state index contributed by atoms with van der Waals surface area (Å²) in [6.07, 6.45) is 5.19. The first-order valence-corrected chi connectivity index (χ1v) is 14.7. The van der Waals surface area contributed by atoms with Crippen LogP contribution in [0.1, 0.15) is 74.0 Å². The van der Waals surface area contributed by atoms with Gasteiger partial charge >= 0.3 is 0 Å². The fraction of sp³-hybridized carbons (Fsp3) is 0.448. The van der Waals surface area contributed by atoms with Crippen molar-refractivity contribution < 1.29 is 29.4 Å². The fourth-order valence-electron chi connectivity index (χ4n) is 4.52. The Morgan fingerprint density at radius 1 is 0.976 bits per heavy atom. The van der Waals surface area contributed by atoms with E-state index in [-0.39, 0.29) is 37.0 Å². The maximum atomic E-state index is 12.4. The van der Waals surface area contributed by atoms with Gasteiger partial charge in [-0.3, -0.25) is 14.8 Å². The van der Waals surface area contributed by atoms with Gasteiger partial charge < -0.3 is 24.5 Å². The Bertz CT molecular complexity index is 1250. The monoisotopic (exact) mass is 583 g/mol. The van der Waals surface area contributed by atoms with Crippen molar-refractivity contribution in [1.29, 1.82) is 0 Å². The number of hydrogen-bond acceptors (Lipinski definition) is 9. The molecule has 220 valence electrons. The molecule has 2 amide bonds. The number of aryl methyl sites for hydroxylation is 1. The third kappa shape index (κ3) is 9.37. The molecule has 0 aliphatic carbocycles. The van der Waals surface area contributed by atoms with Crippen molar-refractivity contribution in [1.82, 2.24) is 20.2 Å². The Hall–Kier alpha value is -3.29. The van der Waals surface area contributed by atoms with Crippen LogP contribution in [0.4, 0.5) is 5.69 Å². The van der Waals surface area contributed by atoms with Crippen molar-refractivity contribution in [3.63, 3.8) is 0 Å². The maximum Gasteiger partial charge on any atom is 0.243 e. The SMILES string of the molecule is Cn1cnnc1SCC1CC(c2ccc(CO)cc2)OC(c2ccc(NC(=O)CCCCCCC(=O)NO)cc2)O1. The number of hydrogen-bond donors (Lipinski definition) is 4. The number of aliphatic hydroxyl groups excluding tert-OH is 1. The van der Waals surface area contributed by atoms with Gasteiger partial charge in [0.25, 0.3) is 0 Å². The number of hydroxylamine groups is 1. The fourth-order valence-corrected chi connectivity index (χ4v) is 5.43. The molecule has 1 saturated heterocycles. The van der Waals surface area contributed by atoms with Crippen LogP contribution in [0, 0.1) is 0 Å². The Balaban J connectivity index is 1.33. The molecule has 41 heavy (non-hydrogen) atoms. The van der Waals surface area contributed by atoms with E-state index in [2.05, 4.69) is 15.5 Å². The lowest BCUT2D eigenvalue weighted by Gasteiger charge is -2.36. The predicted octanol–water partition coefficient (Wildman–Crippen LogP) is 4.43. The number of aliphatic hydroxyl groups is 1. The van der Waals surface area contributed by atoms with Crippen molar-refractivity contribution in [2.24, 2.45) is 7.05 Å². The summed E-state index contributed by atoms with van der Waals surface area (Å²) in [5.41, 5.74) is 5.03. The number of rotatable bonds is 14. The highest BCUT2D eigenvalue weighted by atomic mass is 32.2. The molecular formula is C29H37N5O6S. The molecule has 2 heterocycles. The second-order valence-electron chi connectivity index (χ2n) is 10.0. The number of aromatic nitrogens is 3. The van der Waals surface area contributed by atoms with Gasteiger partial charge in [-0.15, -0.1) is 10.2 Å². The molecule has 0 radical (unpaired) electrons. The van der Waals surface area contributed by atoms with Crippen molar-refractivity contribution in [2.45, 2.75) is 75.2 Å². The van der Waals surface area contributed by atoms with Crippen LogP contribution in [0.25, 0.3) is 0 Å². The van der Waals surface area contributed by atoms with E-state index in [1.165, 1.54) is 0 Å². The number of anilines is 1. The van der Waals surface area contributed by atoms with Gasteiger partial charge in [-0.1, -0.05) is 61.0 Å². The minimum Gasteiger partial charge on any atom is -0.392 e. The lowest BCUT2D eigenvalue weighted by Crippen LogP contribution is -2.31. The minimum atomic E-state index is -0.589. The normalized spacial score (nSPS) is 18.7. The van der Waals surface area contributed by atoms with Crippen LogP contribution < -0.4 is 10.8 Å². The second-order valence-corrected chi connectivity index (χ2v) is 11.0. The summed E-state index contributed by atoms with van der Waals surface area (Å²) >= 11 is 1.58. The van der Waals surface area contributed by atoms with E-state index in [0.29, 0.717) is 30.7 Å². The molecule has 12 heteroatoms. The lowest BCUT2D eigenvalue weighted by molar-refractivity contribution is -0.245. The topological polar surface area (TPSA) is 148 Å². The van der Waals surface area contributed by atoms with Gasteiger partial charge in [-0.2, -0.15) is 0 Å². The summed E-state index contributed by atoms with van der Waals surface area (Å²) in [5, 5.41) is 29.8. The van der Waals surface area contributed by atoms with Gasteiger partial charge in [0.2, 0.25) is 11.8 Å². The average Bonchev–Trinajstić information content (AvgIpc) is 3.42.